The maximum atomic E-state index is 11.6. The van der Waals surface area contributed by atoms with Gasteiger partial charge in [0, 0.05) is 18.1 Å². The molecule has 0 aromatic heterocycles. The Morgan fingerprint density at radius 2 is 1.85 bits per heavy atom. The summed E-state index contributed by atoms with van der Waals surface area (Å²) >= 11 is 0. The van der Waals surface area contributed by atoms with Gasteiger partial charge in [0.05, 0.1) is 19.0 Å². The van der Waals surface area contributed by atoms with Crippen molar-refractivity contribution >= 4 is 10.0 Å². The standard InChI is InChI=1S/C20H32N2O3S/c1-3-17-13-19(22-26(2,23)24)20(21-17)14-25-18-11-9-16(10-12-18)15-7-5-4-6-8-15/h4-8,16-22H,3,9-14H2,1-2H3/t16?,17-,18?,19+,20+/m1/s1. The van der Waals surface area contributed by atoms with E-state index in [2.05, 4.69) is 47.3 Å². The van der Waals surface area contributed by atoms with Crippen LogP contribution in [-0.2, 0) is 14.8 Å². The van der Waals surface area contributed by atoms with Crippen molar-refractivity contribution in [1.29, 1.82) is 0 Å². The molecule has 1 aromatic rings. The summed E-state index contributed by atoms with van der Waals surface area (Å²) in [5, 5.41) is 3.54. The van der Waals surface area contributed by atoms with Gasteiger partial charge in [-0.1, -0.05) is 37.3 Å². The van der Waals surface area contributed by atoms with Crippen molar-refractivity contribution in [1.82, 2.24) is 10.0 Å². The molecule has 0 radical (unpaired) electrons. The Labute approximate surface area is 158 Å². The maximum Gasteiger partial charge on any atom is 0.209 e. The molecule has 2 N–H and O–H groups in total. The van der Waals surface area contributed by atoms with E-state index in [9.17, 15) is 8.42 Å². The van der Waals surface area contributed by atoms with Crippen LogP contribution in [0.1, 0.15) is 56.9 Å². The zero-order chi connectivity index (χ0) is 18.6. The summed E-state index contributed by atoms with van der Waals surface area (Å²) in [6.45, 7) is 2.70. The molecule has 1 heterocycles. The third kappa shape index (κ3) is 5.52. The zero-order valence-corrected chi connectivity index (χ0v) is 16.7. The summed E-state index contributed by atoms with van der Waals surface area (Å²) in [6.07, 6.45) is 7.83. The SMILES string of the molecule is CC[C@@H]1C[C@H](NS(C)(=O)=O)[C@H](COC2CCC(c3ccccc3)CC2)N1. The third-order valence-corrected chi connectivity index (χ3v) is 6.52. The van der Waals surface area contributed by atoms with E-state index in [-0.39, 0.29) is 18.2 Å². The summed E-state index contributed by atoms with van der Waals surface area (Å²) in [6, 6.07) is 11.1. The van der Waals surface area contributed by atoms with Crippen molar-refractivity contribution in [2.45, 2.75) is 75.6 Å². The van der Waals surface area contributed by atoms with Gasteiger partial charge in [-0.25, -0.2) is 13.1 Å². The average molecular weight is 381 g/mol. The van der Waals surface area contributed by atoms with Crippen LogP contribution in [0.2, 0.25) is 0 Å². The third-order valence-electron chi connectivity index (χ3n) is 5.79. The van der Waals surface area contributed by atoms with Gasteiger partial charge in [0.1, 0.15) is 0 Å². The van der Waals surface area contributed by atoms with Gasteiger partial charge in [0.2, 0.25) is 10.0 Å². The van der Waals surface area contributed by atoms with E-state index >= 15 is 0 Å². The highest BCUT2D eigenvalue weighted by Crippen LogP contribution is 2.34. The summed E-state index contributed by atoms with van der Waals surface area (Å²) in [4.78, 5) is 0. The van der Waals surface area contributed by atoms with Gasteiger partial charge in [-0.2, -0.15) is 0 Å². The smallest absolute Gasteiger partial charge is 0.209 e. The molecule has 1 saturated carbocycles. The molecule has 0 unspecified atom stereocenters. The van der Waals surface area contributed by atoms with Crippen LogP contribution in [0.5, 0.6) is 0 Å². The van der Waals surface area contributed by atoms with Gasteiger partial charge in [0.15, 0.2) is 0 Å². The lowest BCUT2D eigenvalue weighted by Gasteiger charge is -2.30. The van der Waals surface area contributed by atoms with Crippen LogP contribution in [0.3, 0.4) is 0 Å². The minimum Gasteiger partial charge on any atom is -0.377 e. The Kier molecular flexibility index (Phi) is 6.72. The lowest BCUT2D eigenvalue weighted by atomic mass is 9.83. The fraction of sp³-hybridized carbons (Fsp3) is 0.700. The lowest BCUT2D eigenvalue weighted by Crippen LogP contribution is -2.46. The molecule has 1 aliphatic heterocycles. The quantitative estimate of drug-likeness (QED) is 0.763. The first kappa shape index (κ1) is 19.8. The molecule has 1 aromatic carbocycles. The number of benzene rings is 1. The van der Waals surface area contributed by atoms with Crippen LogP contribution < -0.4 is 10.0 Å². The number of sulfonamides is 1. The molecule has 5 nitrogen and oxygen atoms in total. The highest BCUT2D eigenvalue weighted by atomic mass is 32.2. The second-order valence-electron chi connectivity index (χ2n) is 7.83. The van der Waals surface area contributed by atoms with Crippen molar-refractivity contribution in [2.75, 3.05) is 12.9 Å². The molecule has 6 heteroatoms. The van der Waals surface area contributed by atoms with Crippen molar-refractivity contribution < 1.29 is 13.2 Å². The van der Waals surface area contributed by atoms with Crippen molar-refractivity contribution in [3.05, 3.63) is 35.9 Å². The Morgan fingerprint density at radius 1 is 1.15 bits per heavy atom. The van der Waals surface area contributed by atoms with Crippen LogP contribution in [0, 0.1) is 0 Å². The molecule has 1 saturated heterocycles. The summed E-state index contributed by atoms with van der Waals surface area (Å²) in [5.74, 6) is 0.643. The largest absolute Gasteiger partial charge is 0.377 e. The van der Waals surface area contributed by atoms with E-state index in [0.29, 0.717) is 18.6 Å². The van der Waals surface area contributed by atoms with Crippen LogP contribution in [0.4, 0.5) is 0 Å². The second-order valence-corrected chi connectivity index (χ2v) is 9.61. The molecule has 0 bridgehead atoms. The number of hydrogen-bond acceptors (Lipinski definition) is 4. The topological polar surface area (TPSA) is 67.4 Å². The number of rotatable bonds is 7. The maximum absolute atomic E-state index is 11.6. The normalized spacial score (nSPS) is 32.6. The van der Waals surface area contributed by atoms with E-state index in [1.165, 1.54) is 11.8 Å². The Morgan fingerprint density at radius 3 is 2.46 bits per heavy atom. The first-order chi connectivity index (χ1) is 12.4. The molecule has 0 amide bonds. The number of ether oxygens (including phenoxy) is 1. The van der Waals surface area contributed by atoms with Gasteiger partial charge < -0.3 is 10.1 Å². The Bertz CT molecular complexity index is 657. The molecular weight excluding hydrogens is 348 g/mol. The molecule has 2 fully saturated rings. The minimum atomic E-state index is -3.20. The number of nitrogens with one attached hydrogen (secondary N) is 2. The van der Waals surface area contributed by atoms with E-state index in [4.69, 9.17) is 4.74 Å². The fourth-order valence-corrected chi connectivity index (χ4v) is 5.15. The summed E-state index contributed by atoms with van der Waals surface area (Å²) in [5.41, 5.74) is 1.44. The van der Waals surface area contributed by atoms with Gasteiger partial charge in [-0.05, 0) is 50.0 Å². The Balaban J connectivity index is 1.47. The molecule has 0 spiro atoms. The predicted octanol–water partition coefficient (Wildman–Crippen LogP) is 2.79. The fourth-order valence-electron chi connectivity index (χ4n) is 4.34. The second kappa shape index (κ2) is 8.83. The van der Waals surface area contributed by atoms with E-state index in [0.717, 1.165) is 38.5 Å². The average Bonchev–Trinajstić information content (AvgIpc) is 3.01. The van der Waals surface area contributed by atoms with Gasteiger partial charge in [-0.15, -0.1) is 0 Å². The van der Waals surface area contributed by atoms with Crippen molar-refractivity contribution in [3.8, 4) is 0 Å². The molecule has 26 heavy (non-hydrogen) atoms. The first-order valence-electron chi connectivity index (χ1n) is 9.84. The molecule has 3 rings (SSSR count). The van der Waals surface area contributed by atoms with Gasteiger partial charge in [-0.3, -0.25) is 0 Å². The highest BCUT2D eigenvalue weighted by molar-refractivity contribution is 7.88. The first-order valence-corrected chi connectivity index (χ1v) is 11.7. The van der Waals surface area contributed by atoms with Gasteiger partial charge >= 0.3 is 0 Å². The number of hydrogen-bond donors (Lipinski definition) is 2. The van der Waals surface area contributed by atoms with Crippen LogP contribution >= 0.6 is 0 Å². The predicted molar refractivity (Wildman–Crippen MR) is 105 cm³/mol. The molecule has 1 aliphatic carbocycles. The summed E-state index contributed by atoms with van der Waals surface area (Å²) < 4.78 is 32.2. The minimum absolute atomic E-state index is 0.0570. The molecular formula is C20H32N2O3S. The summed E-state index contributed by atoms with van der Waals surface area (Å²) in [7, 11) is -3.20. The van der Waals surface area contributed by atoms with Crippen LogP contribution in [0.25, 0.3) is 0 Å². The van der Waals surface area contributed by atoms with E-state index in [1.54, 1.807) is 0 Å². The van der Waals surface area contributed by atoms with Crippen molar-refractivity contribution in [2.24, 2.45) is 0 Å². The molecule has 2 aliphatic rings. The van der Waals surface area contributed by atoms with Crippen LogP contribution in [0.15, 0.2) is 30.3 Å². The van der Waals surface area contributed by atoms with E-state index in [1.807, 2.05) is 0 Å². The van der Waals surface area contributed by atoms with Gasteiger partial charge in [0.25, 0.3) is 0 Å². The highest BCUT2D eigenvalue weighted by Gasteiger charge is 2.35. The lowest BCUT2D eigenvalue weighted by molar-refractivity contribution is 0.0121. The van der Waals surface area contributed by atoms with E-state index < -0.39 is 10.0 Å². The zero-order valence-electron chi connectivity index (χ0n) is 15.9. The monoisotopic (exact) mass is 380 g/mol. The van der Waals surface area contributed by atoms with Crippen LogP contribution in [-0.4, -0.2) is 45.5 Å². The molecule has 3 atom stereocenters. The molecule has 146 valence electrons. The van der Waals surface area contributed by atoms with Crippen molar-refractivity contribution in [3.63, 3.8) is 0 Å². The Hall–Kier alpha value is -0.950.